The molecule has 134 valence electrons. The number of nitrogens with one attached hydrogen (secondary N) is 1. The fraction of sp³-hybridized carbons (Fsp3) is 0.217. The molecule has 0 aliphatic heterocycles. The van der Waals surface area contributed by atoms with Crippen molar-refractivity contribution in [2.45, 2.75) is 26.6 Å². The number of hydrogen-bond acceptors (Lipinski definition) is 3. The molecular formula is C23H25NO2. The van der Waals surface area contributed by atoms with Gasteiger partial charge in [-0.05, 0) is 24.6 Å². The Hall–Kier alpha value is -2.78. The molecule has 0 aliphatic rings. The summed E-state index contributed by atoms with van der Waals surface area (Å²) in [6, 6.07) is 24.7. The minimum absolute atomic E-state index is 0.573. The Morgan fingerprint density at radius 3 is 1.96 bits per heavy atom. The quantitative estimate of drug-likeness (QED) is 0.630. The molecule has 0 bridgehead atoms. The molecule has 3 aromatic rings. The van der Waals surface area contributed by atoms with Crippen molar-refractivity contribution in [3.05, 3.63) is 95.1 Å². The average Bonchev–Trinajstić information content (AvgIpc) is 2.69. The van der Waals surface area contributed by atoms with Crippen molar-refractivity contribution in [3.63, 3.8) is 0 Å². The van der Waals surface area contributed by atoms with Gasteiger partial charge in [-0.15, -0.1) is 0 Å². The molecule has 3 aromatic carbocycles. The largest absolute Gasteiger partial charge is 0.496 e. The summed E-state index contributed by atoms with van der Waals surface area (Å²) in [6.07, 6.45) is 0. The standard InChI is InChI=1S/C23H25NO2/c1-18-11-13-19(14-12-18)17-26-23-10-6-4-8-21(23)16-24-15-20-7-3-5-9-22(20)25-2/h3-14,24H,15-17H2,1-2H3. The van der Waals surface area contributed by atoms with Crippen molar-refractivity contribution in [2.24, 2.45) is 0 Å². The molecule has 3 rings (SSSR count). The molecular weight excluding hydrogens is 322 g/mol. The van der Waals surface area contributed by atoms with Crippen LogP contribution in [-0.2, 0) is 19.7 Å². The summed E-state index contributed by atoms with van der Waals surface area (Å²) < 4.78 is 11.4. The first kappa shape index (κ1) is 18.0. The Bertz CT molecular complexity index is 828. The van der Waals surface area contributed by atoms with Crippen molar-refractivity contribution < 1.29 is 9.47 Å². The fourth-order valence-corrected chi connectivity index (χ4v) is 2.82. The molecule has 0 spiro atoms. The lowest BCUT2D eigenvalue weighted by Crippen LogP contribution is -2.14. The van der Waals surface area contributed by atoms with E-state index in [0.717, 1.165) is 35.7 Å². The second kappa shape index (κ2) is 9.07. The number of methoxy groups -OCH3 is 1. The predicted octanol–water partition coefficient (Wildman–Crippen LogP) is 4.87. The Labute approximate surface area is 155 Å². The minimum atomic E-state index is 0.573. The van der Waals surface area contributed by atoms with Crippen molar-refractivity contribution in [1.82, 2.24) is 5.32 Å². The smallest absolute Gasteiger partial charge is 0.124 e. The zero-order chi connectivity index (χ0) is 18.2. The third-order valence-corrected chi connectivity index (χ3v) is 4.31. The highest BCUT2D eigenvalue weighted by atomic mass is 16.5. The van der Waals surface area contributed by atoms with E-state index in [9.17, 15) is 0 Å². The number of para-hydroxylation sites is 2. The zero-order valence-corrected chi connectivity index (χ0v) is 15.4. The van der Waals surface area contributed by atoms with Crippen molar-refractivity contribution in [2.75, 3.05) is 7.11 Å². The average molecular weight is 347 g/mol. The maximum Gasteiger partial charge on any atom is 0.124 e. The second-order valence-electron chi connectivity index (χ2n) is 6.30. The molecule has 0 aliphatic carbocycles. The number of hydrogen-bond donors (Lipinski definition) is 1. The summed E-state index contributed by atoms with van der Waals surface area (Å²) in [4.78, 5) is 0. The van der Waals surface area contributed by atoms with Gasteiger partial charge in [0.2, 0.25) is 0 Å². The van der Waals surface area contributed by atoms with Crippen LogP contribution in [0.25, 0.3) is 0 Å². The van der Waals surface area contributed by atoms with Crippen LogP contribution in [0.5, 0.6) is 11.5 Å². The summed E-state index contributed by atoms with van der Waals surface area (Å²) in [5.41, 5.74) is 4.73. The molecule has 0 saturated carbocycles. The molecule has 0 radical (unpaired) electrons. The van der Waals surface area contributed by atoms with Gasteiger partial charge in [0, 0.05) is 24.2 Å². The maximum absolute atomic E-state index is 6.05. The fourth-order valence-electron chi connectivity index (χ4n) is 2.82. The summed E-state index contributed by atoms with van der Waals surface area (Å²) in [5.74, 6) is 1.82. The van der Waals surface area contributed by atoms with Crippen LogP contribution in [0.1, 0.15) is 22.3 Å². The van der Waals surface area contributed by atoms with Gasteiger partial charge in [0.05, 0.1) is 7.11 Å². The van der Waals surface area contributed by atoms with E-state index < -0.39 is 0 Å². The van der Waals surface area contributed by atoms with Gasteiger partial charge in [0.15, 0.2) is 0 Å². The second-order valence-corrected chi connectivity index (χ2v) is 6.30. The summed E-state index contributed by atoms with van der Waals surface area (Å²) >= 11 is 0. The highest BCUT2D eigenvalue weighted by Crippen LogP contribution is 2.21. The monoisotopic (exact) mass is 347 g/mol. The lowest BCUT2D eigenvalue weighted by atomic mass is 10.1. The molecule has 0 heterocycles. The summed E-state index contributed by atoms with van der Waals surface area (Å²) in [6.45, 7) is 4.15. The maximum atomic E-state index is 6.05. The normalized spacial score (nSPS) is 10.5. The highest BCUT2D eigenvalue weighted by Gasteiger charge is 2.05. The Morgan fingerprint density at radius 2 is 1.31 bits per heavy atom. The lowest BCUT2D eigenvalue weighted by Gasteiger charge is -2.13. The van der Waals surface area contributed by atoms with E-state index in [0.29, 0.717) is 6.61 Å². The van der Waals surface area contributed by atoms with Crippen LogP contribution in [-0.4, -0.2) is 7.11 Å². The van der Waals surface area contributed by atoms with Crippen molar-refractivity contribution >= 4 is 0 Å². The van der Waals surface area contributed by atoms with E-state index in [1.54, 1.807) is 7.11 Å². The molecule has 0 saturated heterocycles. The molecule has 0 aromatic heterocycles. The Kier molecular flexibility index (Phi) is 6.29. The molecule has 3 nitrogen and oxygen atoms in total. The molecule has 0 amide bonds. The van der Waals surface area contributed by atoms with Crippen LogP contribution in [0.3, 0.4) is 0 Å². The third kappa shape index (κ3) is 4.87. The van der Waals surface area contributed by atoms with Gasteiger partial charge in [-0.1, -0.05) is 66.2 Å². The third-order valence-electron chi connectivity index (χ3n) is 4.31. The van der Waals surface area contributed by atoms with Gasteiger partial charge in [-0.3, -0.25) is 0 Å². The van der Waals surface area contributed by atoms with E-state index in [-0.39, 0.29) is 0 Å². The predicted molar refractivity (Wildman–Crippen MR) is 105 cm³/mol. The van der Waals surface area contributed by atoms with Crippen LogP contribution in [0.15, 0.2) is 72.8 Å². The number of benzene rings is 3. The van der Waals surface area contributed by atoms with Crippen LogP contribution < -0.4 is 14.8 Å². The van der Waals surface area contributed by atoms with E-state index in [1.165, 1.54) is 11.1 Å². The van der Waals surface area contributed by atoms with E-state index in [1.807, 2.05) is 36.4 Å². The zero-order valence-electron chi connectivity index (χ0n) is 15.4. The van der Waals surface area contributed by atoms with E-state index in [2.05, 4.69) is 48.6 Å². The van der Waals surface area contributed by atoms with Gasteiger partial charge in [-0.2, -0.15) is 0 Å². The molecule has 0 unspecified atom stereocenters. The molecule has 3 heteroatoms. The van der Waals surface area contributed by atoms with Crippen LogP contribution >= 0.6 is 0 Å². The van der Waals surface area contributed by atoms with Gasteiger partial charge < -0.3 is 14.8 Å². The van der Waals surface area contributed by atoms with E-state index in [4.69, 9.17) is 9.47 Å². The van der Waals surface area contributed by atoms with Gasteiger partial charge >= 0.3 is 0 Å². The topological polar surface area (TPSA) is 30.5 Å². The number of ether oxygens (including phenoxy) is 2. The Balaban J connectivity index is 1.59. The highest BCUT2D eigenvalue weighted by molar-refractivity contribution is 5.35. The molecule has 1 N–H and O–H groups in total. The minimum Gasteiger partial charge on any atom is -0.496 e. The van der Waals surface area contributed by atoms with Crippen molar-refractivity contribution in [3.8, 4) is 11.5 Å². The first-order valence-electron chi connectivity index (χ1n) is 8.85. The number of rotatable bonds is 8. The molecule has 0 atom stereocenters. The summed E-state index contributed by atoms with van der Waals surface area (Å²) in [5, 5.41) is 3.48. The van der Waals surface area contributed by atoms with Gasteiger partial charge in [0.1, 0.15) is 18.1 Å². The van der Waals surface area contributed by atoms with Gasteiger partial charge in [0.25, 0.3) is 0 Å². The first-order chi connectivity index (χ1) is 12.8. The first-order valence-corrected chi connectivity index (χ1v) is 8.85. The summed E-state index contributed by atoms with van der Waals surface area (Å²) in [7, 11) is 1.70. The Morgan fingerprint density at radius 1 is 0.731 bits per heavy atom. The lowest BCUT2D eigenvalue weighted by molar-refractivity contribution is 0.302. The van der Waals surface area contributed by atoms with Crippen LogP contribution in [0, 0.1) is 6.92 Å². The number of aryl methyl sites for hydroxylation is 1. The van der Waals surface area contributed by atoms with Crippen LogP contribution in [0.2, 0.25) is 0 Å². The molecule has 0 fully saturated rings. The SMILES string of the molecule is COc1ccccc1CNCc1ccccc1OCc1ccc(C)cc1. The molecule has 26 heavy (non-hydrogen) atoms. The van der Waals surface area contributed by atoms with Gasteiger partial charge in [-0.25, -0.2) is 0 Å². The van der Waals surface area contributed by atoms with Crippen molar-refractivity contribution in [1.29, 1.82) is 0 Å². The van der Waals surface area contributed by atoms with Crippen LogP contribution in [0.4, 0.5) is 0 Å². The van der Waals surface area contributed by atoms with E-state index >= 15 is 0 Å².